The summed E-state index contributed by atoms with van der Waals surface area (Å²) in [4.78, 5) is 11.1. The number of rotatable bonds is 2. The first-order chi connectivity index (χ1) is 5.25. The summed E-state index contributed by atoms with van der Waals surface area (Å²) in [7, 11) is 0. The van der Waals surface area contributed by atoms with E-state index in [-0.39, 0.29) is 5.78 Å². The van der Waals surface area contributed by atoms with E-state index in [0.717, 1.165) is 0 Å². The Morgan fingerprint density at radius 2 is 2.55 bits per heavy atom. The quantitative estimate of drug-likeness (QED) is 0.645. The zero-order chi connectivity index (χ0) is 8.27. The molecule has 0 spiro atoms. The molecule has 60 valence electrons. The monoisotopic (exact) mass is 152 g/mol. The third kappa shape index (κ3) is 1.77. The number of hydrogen-bond acceptors (Lipinski definition) is 2. The minimum atomic E-state index is -0.576. The molecule has 2 nitrogen and oxygen atoms in total. The molecule has 0 aromatic carbocycles. The molecule has 1 aliphatic carbocycles. The Kier molecular flexibility index (Phi) is 2.60. The molecule has 2 heteroatoms. The molecule has 0 amide bonds. The number of allylic oxidation sites excluding steroid dienone is 2. The maximum atomic E-state index is 11.1. The van der Waals surface area contributed by atoms with Crippen LogP contribution in [-0.4, -0.2) is 17.0 Å². The molecular formula is C9H12O2. The molecule has 0 aromatic rings. The Hall–Kier alpha value is -0.890. The summed E-state index contributed by atoms with van der Waals surface area (Å²) in [6, 6.07) is 0. The van der Waals surface area contributed by atoms with E-state index in [1.807, 2.05) is 12.2 Å². The summed E-state index contributed by atoms with van der Waals surface area (Å²) in [6.45, 7) is 1.80. The van der Waals surface area contributed by atoms with Gasteiger partial charge in [-0.3, -0.25) is 4.79 Å². The zero-order valence-electron chi connectivity index (χ0n) is 6.58. The van der Waals surface area contributed by atoms with Gasteiger partial charge in [0.25, 0.3) is 0 Å². The van der Waals surface area contributed by atoms with Crippen LogP contribution in [0.5, 0.6) is 0 Å². The fourth-order valence-corrected chi connectivity index (χ4v) is 1.10. The van der Waals surface area contributed by atoms with Crippen molar-refractivity contribution in [1.29, 1.82) is 0 Å². The Bertz CT molecular complexity index is 214. The highest BCUT2D eigenvalue weighted by Gasteiger charge is 2.16. The fourth-order valence-electron chi connectivity index (χ4n) is 1.10. The third-order valence-electron chi connectivity index (χ3n) is 1.77. The van der Waals surface area contributed by atoms with Gasteiger partial charge in [0.15, 0.2) is 5.78 Å². The molecule has 1 atom stereocenters. The fraction of sp³-hybridized carbons (Fsp3) is 0.444. The second-order valence-corrected chi connectivity index (χ2v) is 2.58. The maximum Gasteiger partial charge on any atom is 0.161 e. The van der Waals surface area contributed by atoms with E-state index in [9.17, 15) is 9.90 Å². The predicted molar refractivity (Wildman–Crippen MR) is 43.1 cm³/mol. The first-order valence-corrected chi connectivity index (χ1v) is 3.83. The molecule has 0 bridgehead atoms. The number of carbonyl (C=O) groups excluding carboxylic acids is 1. The van der Waals surface area contributed by atoms with Gasteiger partial charge in [-0.15, -0.1) is 0 Å². The summed E-state index contributed by atoms with van der Waals surface area (Å²) in [5.41, 5.74) is 0.551. The Morgan fingerprint density at radius 1 is 1.82 bits per heavy atom. The third-order valence-corrected chi connectivity index (χ3v) is 1.77. The van der Waals surface area contributed by atoms with E-state index in [1.165, 1.54) is 0 Å². The molecule has 0 aliphatic heterocycles. The second-order valence-electron chi connectivity index (χ2n) is 2.58. The number of hydrogen-bond donors (Lipinski definition) is 1. The lowest BCUT2D eigenvalue weighted by Crippen LogP contribution is -2.18. The Labute approximate surface area is 66.2 Å². The van der Waals surface area contributed by atoms with Crippen LogP contribution in [0.4, 0.5) is 0 Å². The SMILES string of the molecule is CCC(=O)C1=CC=CCC1O. The van der Waals surface area contributed by atoms with Crippen molar-refractivity contribution in [3.63, 3.8) is 0 Å². The van der Waals surface area contributed by atoms with E-state index in [0.29, 0.717) is 18.4 Å². The Morgan fingerprint density at radius 3 is 3.09 bits per heavy atom. The molecule has 11 heavy (non-hydrogen) atoms. The number of carbonyl (C=O) groups is 1. The largest absolute Gasteiger partial charge is 0.388 e. The number of Topliss-reactive ketones (excluding diaryl/α,β-unsaturated/α-hetero) is 1. The average molecular weight is 152 g/mol. The van der Waals surface area contributed by atoms with Crippen molar-refractivity contribution in [2.75, 3.05) is 0 Å². The van der Waals surface area contributed by atoms with Crippen LogP contribution >= 0.6 is 0 Å². The summed E-state index contributed by atoms with van der Waals surface area (Å²) in [5, 5.41) is 9.33. The van der Waals surface area contributed by atoms with Crippen LogP contribution in [0.2, 0.25) is 0 Å². The highest BCUT2D eigenvalue weighted by molar-refractivity contribution is 5.96. The minimum Gasteiger partial charge on any atom is -0.388 e. The van der Waals surface area contributed by atoms with Gasteiger partial charge < -0.3 is 5.11 Å². The van der Waals surface area contributed by atoms with Crippen molar-refractivity contribution in [3.8, 4) is 0 Å². The van der Waals surface area contributed by atoms with Gasteiger partial charge in [-0.1, -0.05) is 25.2 Å². The molecular weight excluding hydrogens is 140 g/mol. The molecule has 0 saturated carbocycles. The van der Waals surface area contributed by atoms with Crippen LogP contribution in [0.25, 0.3) is 0 Å². The van der Waals surface area contributed by atoms with Gasteiger partial charge >= 0.3 is 0 Å². The van der Waals surface area contributed by atoms with Crippen LogP contribution in [-0.2, 0) is 4.79 Å². The van der Waals surface area contributed by atoms with Crippen LogP contribution in [0.15, 0.2) is 23.8 Å². The second kappa shape index (κ2) is 3.49. The normalized spacial score (nSPS) is 23.1. The van der Waals surface area contributed by atoms with Crippen molar-refractivity contribution < 1.29 is 9.90 Å². The number of aliphatic hydroxyl groups excluding tert-OH is 1. The van der Waals surface area contributed by atoms with Gasteiger partial charge in [-0.25, -0.2) is 0 Å². The van der Waals surface area contributed by atoms with Crippen molar-refractivity contribution in [2.45, 2.75) is 25.9 Å². The van der Waals surface area contributed by atoms with Crippen molar-refractivity contribution >= 4 is 5.78 Å². The molecule has 1 rings (SSSR count). The van der Waals surface area contributed by atoms with Gasteiger partial charge in [0.05, 0.1) is 6.10 Å². The van der Waals surface area contributed by atoms with Crippen LogP contribution in [0.1, 0.15) is 19.8 Å². The average Bonchev–Trinajstić information content (AvgIpc) is 2.04. The summed E-state index contributed by atoms with van der Waals surface area (Å²) in [5.74, 6) is 0.0434. The molecule has 1 aliphatic rings. The van der Waals surface area contributed by atoms with E-state index in [4.69, 9.17) is 0 Å². The lowest BCUT2D eigenvalue weighted by Gasteiger charge is -2.13. The van der Waals surface area contributed by atoms with Crippen LogP contribution in [0.3, 0.4) is 0 Å². The topological polar surface area (TPSA) is 37.3 Å². The molecule has 0 saturated heterocycles. The summed E-state index contributed by atoms with van der Waals surface area (Å²) >= 11 is 0. The lowest BCUT2D eigenvalue weighted by molar-refractivity contribution is -0.116. The summed E-state index contributed by atoms with van der Waals surface area (Å²) in [6.07, 6.45) is 5.83. The van der Waals surface area contributed by atoms with Gasteiger partial charge in [0, 0.05) is 12.0 Å². The molecule has 0 radical (unpaired) electrons. The summed E-state index contributed by atoms with van der Waals surface area (Å²) < 4.78 is 0. The van der Waals surface area contributed by atoms with Crippen molar-refractivity contribution in [2.24, 2.45) is 0 Å². The van der Waals surface area contributed by atoms with Crippen molar-refractivity contribution in [1.82, 2.24) is 0 Å². The maximum absolute atomic E-state index is 11.1. The molecule has 1 N–H and O–H groups in total. The van der Waals surface area contributed by atoms with Gasteiger partial charge in [-0.2, -0.15) is 0 Å². The van der Waals surface area contributed by atoms with E-state index in [2.05, 4.69) is 0 Å². The van der Waals surface area contributed by atoms with Gasteiger partial charge in [0.2, 0.25) is 0 Å². The first kappa shape index (κ1) is 8.21. The first-order valence-electron chi connectivity index (χ1n) is 3.83. The Balaban J connectivity index is 2.75. The number of aliphatic hydroxyl groups is 1. The minimum absolute atomic E-state index is 0.0434. The van der Waals surface area contributed by atoms with Crippen LogP contribution < -0.4 is 0 Å². The van der Waals surface area contributed by atoms with E-state index < -0.39 is 6.10 Å². The highest BCUT2D eigenvalue weighted by Crippen LogP contribution is 2.14. The van der Waals surface area contributed by atoms with Crippen molar-refractivity contribution in [3.05, 3.63) is 23.8 Å². The van der Waals surface area contributed by atoms with Gasteiger partial charge in [-0.05, 0) is 6.42 Å². The lowest BCUT2D eigenvalue weighted by atomic mass is 9.97. The molecule has 1 unspecified atom stereocenters. The van der Waals surface area contributed by atoms with Gasteiger partial charge in [0.1, 0.15) is 0 Å². The van der Waals surface area contributed by atoms with E-state index >= 15 is 0 Å². The number of ketones is 1. The molecule has 0 fully saturated rings. The highest BCUT2D eigenvalue weighted by atomic mass is 16.3. The zero-order valence-corrected chi connectivity index (χ0v) is 6.58. The molecule has 0 aromatic heterocycles. The standard InChI is InChI=1S/C9H12O2/c1-2-8(10)7-5-3-4-6-9(7)11/h3-5,9,11H,2,6H2,1H3. The molecule has 0 heterocycles. The van der Waals surface area contributed by atoms with E-state index in [1.54, 1.807) is 13.0 Å². The predicted octanol–water partition coefficient (Wildman–Crippen LogP) is 1.21. The smallest absolute Gasteiger partial charge is 0.161 e. The van der Waals surface area contributed by atoms with Crippen LogP contribution in [0, 0.1) is 0 Å².